The predicted octanol–water partition coefficient (Wildman–Crippen LogP) is 4.53. The molecule has 2 rings (SSSR count). The first kappa shape index (κ1) is 16.8. The molecule has 1 aliphatic rings. The molecule has 4 heteroatoms. The second kappa shape index (κ2) is 7.59. The fraction of sp³-hybridized carbons (Fsp3) is 0.824. The van der Waals surface area contributed by atoms with Gasteiger partial charge >= 0.3 is 0 Å². The van der Waals surface area contributed by atoms with Crippen LogP contribution in [0.25, 0.3) is 0 Å². The Balaban J connectivity index is 2.29. The van der Waals surface area contributed by atoms with E-state index in [1.165, 1.54) is 35.0 Å². The molecule has 0 radical (unpaired) electrons. The van der Waals surface area contributed by atoms with Gasteiger partial charge in [0.05, 0.1) is 5.69 Å². The minimum atomic E-state index is 0.557. The number of hydrogen-bond acceptors (Lipinski definition) is 4. The summed E-state index contributed by atoms with van der Waals surface area (Å²) in [6, 6.07) is 1.32. The summed E-state index contributed by atoms with van der Waals surface area (Å²) in [6.07, 6.45) is 5.01. The van der Waals surface area contributed by atoms with Gasteiger partial charge in [-0.2, -0.15) is 0 Å². The maximum absolute atomic E-state index is 5.07. The molecule has 0 saturated carbocycles. The summed E-state index contributed by atoms with van der Waals surface area (Å²) in [4.78, 5) is 9.10. The van der Waals surface area contributed by atoms with E-state index in [1.54, 1.807) is 0 Å². The molecule has 0 spiro atoms. The van der Waals surface area contributed by atoms with Crippen LogP contribution in [0.2, 0.25) is 0 Å². The molecule has 120 valence electrons. The van der Waals surface area contributed by atoms with E-state index < -0.39 is 0 Å². The summed E-state index contributed by atoms with van der Waals surface area (Å²) in [5.41, 5.74) is 1.33. The summed E-state index contributed by atoms with van der Waals surface area (Å²) in [7, 11) is 0. The molecule has 1 N–H and O–H groups in total. The first-order chi connectivity index (χ1) is 10.1. The Bertz CT molecular complexity index is 443. The molecule has 1 saturated heterocycles. The Morgan fingerprint density at radius 2 is 2.10 bits per heavy atom. The van der Waals surface area contributed by atoms with E-state index in [-0.39, 0.29) is 0 Å². The van der Waals surface area contributed by atoms with Crippen LogP contribution in [-0.2, 0) is 6.54 Å². The van der Waals surface area contributed by atoms with Crippen molar-refractivity contribution in [1.29, 1.82) is 0 Å². The molecule has 3 unspecified atom stereocenters. The first-order valence-electron chi connectivity index (χ1n) is 8.60. The van der Waals surface area contributed by atoms with Crippen molar-refractivity contribution in [1.82, 2.24) is 10.3 Å². The number of anilines is 1. The molecule has 3 atom stereocenters. The Morgan fingerprint density at radius 1 is 1.33 bits per heavy atom. The summed E-state index contributed by atoms with van der Waals surface area (Å²) in [5, 5.41) is 4.74. The fourth-order valence-electron chi connectivity index (χ4n) is 3.22. The molecular weight excluding hydrogens is 278 g/mol. The quantitative estimate of drug-likeness (QED) is 0.802. The van der Waals surface area contributed by atoms with Crippen LogP contribution in [0.1, 0.15) is 76.8 Å². The van der Waals surface area contributed by atoms with Crippen molar-refractivity contribution in [3.05, 3.63) is 10.6 Å². The maximum atomic E-state index is 5.07. The largest absolute Gasteiger partial charge is 0.342 e. The van der Waals surface area contributed by atoms with Gasteiger partial charge in [-0.15, -0.1) is 11.3 Å². The van der Waals surface area contributed by atoms with Gasteiger partial charge in [-0.05, 0) is 45.1 Å². The number of nitrogens with zero attached hydrogens (tertiary/aromatic N) is 2. The van der Waals surface area contributed by atoms with Crippen LogP contribution in [0.4, 0.5) is 5.13 Å². The van der Waals surface area contributed by atoms with Crippen molar-refractivity contribution in [2.24, 2.45) is 0 Å². The lowest BCUT2D eigenvalue weighted by molar-refractivity contribution is 0.622. The van der Waals surface area contributed by atoms with Crippen LogP contribution in [0.15, 0.2) is 0 Å². The van der Waals surface area contributed by atoms with Gasteiger partial charge in [0.15, 0.2) is 5.13 Å². The Morgan fingerprint density at radius 3 is 2.71 bits per heavy atom. The highest BCUT2D eigenvalue weighted by Gasteiger charge is 2.32. The summed E-state index contributed by atoms with van der Waals surface area (Å²) < 4.78 is 0. The Hall–Kier alpha value is -0.610. The van der Waals surface area contributed by atoms with Gasteiger partial charge in [-0.25, -0.2) is 4.98 Å². The number of thiazole rings is 1. The van der Waals surface area contributed by atoms with Crippen LogP contribution < -0.4 is 10.2 Å². The second-order valence-electron chi connectivity index (χ2n) is 6.29. The highest BCUT2D eigenvalue weighted by molar-refractivity contribution is 7.15. The van der Waals surface area contributed by atoms with Crippen LogP contribution >= 0.6 is 11.3 Å². The molecule has 0 bridgehead atoms. The normalized spacial score (nSPS) is 23.8. The monoisotopic (exact) mass is 309 g/mol. The average molecular weight is 310 g/mol. The van der Waals surface area contributed by atoms with E-state index in [1.807, 2.05) is 11.3 Å². The van der Waals surface area contributed by atoms with Crippen LogP contribution in [-0.4, -0.2) is 23.6 Å². The van der Waals surface area contributed by atoms with E-state index in [9.17, 15) is 0 Å². The third-order valence-corrected chi connectivity index (χ3v) is 5.89. The van der Waals surface area contributed by atoms with Gasteiger partial charge in [0.25, 0.3) is 0 Å². The van der Waals surface area contributed by atoms with Gasteiger partial charge < -0.3 is 10.2 Å². The molecule has 3 nitrogen and oxygen atoms in total. The number of aromatic nitrogens is 1. The van der Waals surface area contributed by atoms with Crippen molar-refractivity contribution in [2.75, 3.05) is 11.4 Å². The molecule has 1 fully saturated rings. The van der Waals surface area contributed by atoms with Gasteiger partial charge in [0.2, 0.25) is 0 Å². The van der Waals surface area contributed by atoms with Crippen molar-refractivity contribution in [3.8, 4) is 0 Å². The zero-order valence-electron chi connectivity index (χ0n) is 14.3. The van der Waals surface area contributed by atoms with Gasteiger partial charge in [-0.1, -0.05) is 27.7 Å². The predicted molar refractivity (Wildman–Crippen MR) is 93.5 cm³/mol. The average Bonchev–Trinajstić information content (AvgIpc) is 3.07. The SMILES string of the molecule is CCNCc1sc(N2C(C)CCC2CC)nc1C(C)CC. The van der Waals surface area contributed by atoms with Crippen LogP contribution in [0, 0.1) is 0 Å². The lowest BCUT2D eigenvalue weighted by Gasteiger charge is -2.27. The third kappa shape index (κ3) is 3.59. The van der Waals surface area contributed by atoms with Crippen molar-refractivity contribution in [3.63, 3.8) is 0 Å². The topological polar surface area (TPSA) is 28.2 Å². The Labute approximate surface area is 134 Å². The molecule has 21 heavy (non-hydrogen) atoms. The smallest absolute Gasteiger partial charge is 0.186 e. The van der Waals surface area contributed by atoms with Crippen LogP contribution in [0.3, 0.4) is 0 Å². The minimum Gasteiger partial charge on any atom is -0.342 e. The Kier molecular flexibility index (Phi) is 6.06. The highest BCUT2D eigenvalue weighted by atomic mass is 32.1. The molecule has 0 amide bonds. The molecule has 2 heterocycles. The standard InChI is InChI=1S/C17H31N3S/c1-6-12(4)16-15(11-18-8-3)21-17(19-16)20-13(5)9-10-14(20)7-2/h12-14,18H,6-11H2,1-5H3. The molecular formula is C17H31N3S. The van der Waals surface area contributed by atoms with E-state index in [0.29, 0.717) is 18.0 Å². The van der Waals surface area contributed by atoms with Crippen molar-refractivity contribution < 1.29 is 0 Å². The summed E-state index contributed by atoms with van der Waals surface area (Å²) in [6.45, 7) is 13.4. The number of rotatable bonds is 7. The van der Waals surface area contributed by atoms with Crippen molar-refractivity contribution >= 4 is 16.5 Å². The van der Waals surface area contributed by atoms with Gasteiger partial charge in [-0.3, -0.25) is 0 Å². The summed E-state index contributed by atoms with van der Waals surface area (Å²) in [5.74, 6) is 0.557. The maximum Gasteiger partial charge on any atom is 0.186 e. The number of hydrogen-bond donors (Lipinski definition) is 1. The van der Waals surface area contributed by atoms with E-state index in [0.717, 1.165) is 19.5 Å². The minimum absolute atomic E-state index is 0.557. The molecule has 0 aliphatic carbocycles. The van der Waals surface area contributed by atoms with E-state index in [4.69, 9.17) is 4.98 Å². The molecule has 1 aliphatic heterocycles. The molecule has 1 aromatic rings. The zero-order chi connectivity index (χ0) is 15.4. The fourth-order valence-corrected chi connectivity index (χ4v) is 4.55. The van der Waals surface area contributed by atoms with Gasteiger partial charge in [0.1, 0.15) is 0 Å². The molecule has 1 aromatic heterocycles. The number of nitrogens with one attached hydrogen (secondary N) is 1. The summed E-state index contributed by atoms with van der Waals surface area (Å²) >= 11 is 1.92. The lowest BCUT2D eigenvalue weighted by atomic mass is 10.0. The molecule has 0 aromatic carbocycles. The second-order valence-corrected chi connectivity index (χ2v) is 7.35. The van der Waals surface area contributed by atoms with Gasteiger partial charge in [0, 0.05) is 23.5 Å². The van der Waals surface area contributed by atoms with E-state index in [2.05, 4.69) is 44.8 Å². The first-order valence-corrected chi connectivity index (χ1v) is 9.42. The van der Waals surface area contributed by atoms with Crippen LogP contribution in [0.5, 0.6) is 0 Å². The third-order valence-electron chi connectivity index (χ3n) is 4.81. The highest BCUT2D eigenvalue weighted by Crippen LogP contribution is 2.38. The lowest BCUT2D eigenvalue weighted by Crippen LogP contribution is -2.33. The van der Waals surface area contributed by atoms with E-state index >= 15 is 0 Å². The zero-order valence-corrected chi connectivity index (χ0v) is 15.1. The van der Waals surface area contributed by atoms with Crippen molar-refractivity contribution in [2.45, 2.75) is 84.8 Å².